The molecule has 0 aliphatic heterocycles. The number of aliphatic imine (C=N–C) groups is 1. The van der Waals surface area contributed by atoms with Gasteiger partial charge in [0.25, 0.3) is 0 Å². The van der Waals surface area contributed by atoms with Gasteiger partial charge in [-0.1, -0.05) is 17.7 Å². The molecule has 0 bridgehead atoms. The van der Waals surface area contributed by atoms with E-state index in [0.717, 1.165) is 17.7 Å². The van der Waals surface area contributed by atoms with Gasteiger partial charge in [-0.3, -0.25) is 4.79 Å². The minimum Gasteiger partial charge on any atom is -0.496 e. The standard InChI is InChI=1S/C18H30N4O3.HI/c1-14-6-7-16(25-5)15(12-14)8-9-19-18(20-10-11-24-4)21-13-17(23)22(2)3;/h6-7,12H,8-11,13H2,1-5H3,(H2,19,20,21);1H. The van der Waals surface area contributed by atoms with Gasteiger partial charge in [0.2, 0.25) is 5.91 Å². The van der Waals surface area contributed by atoms with Crippen molar-refractivity contribution in [2.75, 3.05) is 54.6 Å². The molecular weight excluding hydrogens is 447 g/mol. The predicted molar refractivity (Wildman–Crippen MR) is 116 cm³/mol. The van der Waals surface area contributed by atoms with E-state index in [0.29, 0.717) is 25.7 Å². The number of guanidine groups is 1. The first-order valence-corrected chi connectivity index (χ1v) is 8.32. The first kappa shape index (κ1) is 24.5. The Bertz CT molecular complexity index is 580. The van der Waals surface area contributed by atoms with Gasteiger partial charge < -0.3 is 25.0 Å². The molecule has 0 aromatic heterocycles. The Morgan fingerprint density at radius 2 is 1.88 bits per heavy atom. The summed E-state index contributed by atoms with van der Waals surface area (Å²) in [5, 5.41) is 6.40. The highest BCUT2D eigenvalue weighted by molar-refractivity contribution is 14.0. The van der Waals surface area contributed by atoms with Crippen LogP contribution >= 0.6 is 24.0 Å². The van der Waals surface area contributed by atoms with Crippen molar-refractivity contribution in [3.05, 3.63) is 29.3 Å². The third-order valence-electron chi connectivity index (χ3n) is 3.59. The highest BCUT2D eigenvalue weighted by Crippen LogP contribution is 2.19. The van der Waals surface area contributed by atoms with Crippen molar-refractivity contribution in [3.8, 4) is 5.75 Å². The number of halogens is 1. The van der Waals surface area contributed by atoms with E-state index < -0.39 is 0 Å². The molecule has 1 rings (SSSR count). The van der Waals surface area contributed by atoms with Crippen LogP contribution in [-0.4, -0.2) is 71.3 Å². The van der Waals surface area contributed by atoms with Crippen LogP contribution in [0.4, 0.5) is 0 Å². The van der Waals surface area contributed by atoms with Gasteiger partial charge in [0.1, 0.15) is 12.3 Å². The van der Waals surface area contributed by atoms with Crippen molar-refractivity contribution in [2.45, 2.75) is 13.3 Å². The number of benzene rings is 1. The van der Waals surface area contributed by atoms with Crippen molar-refractivity contribution in [1.29, 1.82) is 0 Å². The van der Waals surface area contributed by atoms with Gasteiger partial charge in [0.15, 0.2) is 5.96 Å². The molecule has 148 valence electrons. The van der Waals surface area contributed by atoms with Crippen LogP contribution < -0.4 is 15.4 Å². The number of ether oxygens (including phenoxy) is 2. The first-order valence-electron chi connectivity index (χ1n) is 8.32. The molecule has 0 aliphatic carbocycles. The number of rotatable bonds is 9. The van der Waals surface area contributed by atoms with Gasteiger partial charge in [-0.05, 0) is 25.0 Å². The maximum absolute atomic E-state index is 11.7. The summed E-state index contributed by atoms with van der Waals surface area (Å²) in [4.78, 5) is 17.6. The number of carbonyl (C=O) groups is 1. The largest absolute Gasteiger partial charge is 0.496 e. The highest BCUT2D eigenvalue weighted by Gasteiger charge is 2.06. The Morgan fingerprint density at radius 1 is 1.19 bits per heavy atom. The molecule has 0 fully saturated rings. The Hall–Kier alpha value is -1.55. The van der Waals surface area contributed by atoms with E-state index in [1.165, 1.54) is 10.5 Å². The first-order chi connectivity index (χ1) is 12.0. The number of nitrogens with one attached hydrogen (secondary N) is 2. The fourth-order valence-electron chi connectivity index (χ4n) is 2.15. The molecule has 2 N–H and O–H groups in total. The number of hydrogen-bond donors (Lipinski definition) is 2. The van der Waals surface area contributed by atoms with Gasteiger partial charge >= 0.3 is 0 Å². The Labute approximate surface area is 173 Å². The van der Waals surface area contributed by atoms with E-state index in [9.17, 15) is 4.79 Å². The molecule has 0 spiro atoms. The van der Waals surface area contributed by atoms with Crippen molar-refractivity contribution in [2.24, 2.45) is 4.99 Å². The molecule has 8 heteroatoms. The number of likely N-dealkylation sites (N-methyl/N-ethyl adjacent to an activating group) is 1. The minimum absolute atomic E-state index is 0. The van der Waals surface area contributed by atoms with Crippen LogP contribution in [-0.2, 0) is 16.0 Å². The van der Waals surface area contributed by atoms with Crippen molar-refractivity contribution in [1.82, 2.24) is 15.5 Å². The lowest BCUT2D eigenvalue weighted by molar-refractivity contribution is -0.127. The lowest BCUT2D eigenvalue weighted by atomic mass is 10.1. The molecule has 1 aromatic carbocycles. The fourth-order valence-corrected chi connectivity index (χ4v) is 2.15. The van der Waals surface area contributed by atoms with E-state index in [-0.39, 0.29) is 36.4 Å². The van der Waals surface area contributed by atoms with Crippen molar-refractivity contribution >= 4 is 35.8 Å². The molecule has 0 unspecified atom stereocenters. The zero-order chi connectivity index (χ0) is 18.7. The van der Waals surface area contributed by atoms with Crippen molar-refractivity contribution < 1.29 is 14.3 Å². The molecule has 7 nitrogen and oxygen atoms in total. The maximum atomic E-state index is 11.7. The smallest absolute Gasteiger partial charge is 0.243 e. The van der Waals surface area contributed by atoms with Crippen LogP contribution in [0.3, 0.4) is 0 Å². The summed E-state index contributed by atoms with van der Waals surface area (Å²) in [6.45, 7) is 4.01. The lowest BCUT2D eigenvalue weighted by Gasteiger charge is -2.14. The Kier molecular flexibility index (Phi) is 12.8. The van der Waals surface area contributed by atoms with Gasteiger partial charge in [-0.15, -0.1) is 24.0 Å². The maximum Gasteiger partial charge on any atom is 0.243 e. The lowest BCUT2D eigenvalue weighted by Crippen LogP contribution is -2.40. The van der Waals surface area contributed by atoms with Crippen LogP contribution in [0.5, 0.6) is 5.75 Å². The van der Waals surface area contributed by atoms with E-state index >= 15 is 0 Å². The number of methoxy groups -OCH3 is 2. The summed E-state index contributed by atoms with van der Waals surface area (Å²) in [5.74, 6) is 1.42. The average molecular weight is 478 g/mol. The summed E-state index contributed by atoms with van der Waals surface area (Å²) >= 11 is 0. The summed E-state index contributed by atoms with van der Waals surface area (Å²) in [5.41, 5.74) is 2.33. The highest BCUT2D eigenvalue weighted by atomic mass is 127. The summed E-state index contributed by atoms with van der Waals surface area (Å²) < 4.78 is 10.4. The van der Waals surface area contributed by atoms with Gasteiger partial charge in [-0.2, -0.15) is 0 Å². The second-order valence-corrected chi connectivity index (χ2v) is 5.86. The molecule has 0 radical (unpaired) electrons. The van der Waals surface area contributed by atoms with Crippen LogP contribution in [0.2, 0.25) is 0 Å². The zero-order valence-electron chi connectivity index (χ0n) is 16.3. The third-order valence-corrected chi connectivity index (χ3v) is 3.59. The molecule has 0 heterocycles. The quantitative estimate of drug-likeness (QED) is 0.243. The molecular formula is C18H31IN4O3. The van der Waals surface area contributed by atoms with Crippen LogP contribution in [0.25, 0.3) is 0 Å². The predicted octanol–water partition coefficient (Wildman–Crippen LogP) is 1.43. The molecule has 0 atom stereocenters. The molecule has 26 heavy (non-hydrogen) atoms. The van der Waals surface area contributed by atoms with Crippen LogP contribution in [0.15, 0.2) is 23.2 Å². The van der Waals surface area contributed by atoms with E-state index in [4.69, 9.17) is 9.47 Å². The fraction of sp³-hybridized carbons (Fsp3) is 0.556. The van der Waals surface area contributed by atoms with Gasteiger partial charge in [0, 0.05) is 34.3 Å². The summed E-state index contributed by atoms with van der Waals surface area (Å²) in [6, 6.07) is 6.12. The molecule has 1 amide bonds. The minimum atomic E-state index is -0.0480. The molecule has 0 aliphatic rings. The van der Waals surface area contributed by atoms with Crippen molar-refractivity contribution in [3.63, 3.8) is 0 Å². The number of hydrogen-bond acceptors (Lipinski definition) is 4. The Morgan fingerprint density at radius 3 is 2.50 bits per heavy atom. The molecule has 0 saturated heterocycles. The van der Waals surface area contributed by atoms with Crippen LogP contribution in [0.1, 0.15) is 11.1 Å². The second kappa shape index (κ2) is 13.6. The molecule has 1 aromatic rings. The Balaban J connectivity index is 0.00000625. The van der Waals surface area contributed by atoms with E-state index in [1.807, 2.05) is 12.1 Å². The number of nitrogens with zero attached hydrogens (tertiary/aromatic N) is 2. The number of carbonyl (C=O) groups excluding carboxylic acids is 1. The second-order valence-electron chi connectivity index (χ2n) is 5.86. The average Bonchev–Trinajstić information content (AvgIpc) is 2.59. The van der Waals surface area contributed by atoms with E-state index in [2.05, 4.69) is 28.6 Å². The number of aryl methyl sites for hydroxylation is 1. The van der Waals surface area contributed by atoms with Crippen LogP contribution in [0, 0.1) is 6.92 Å². The van der Waals surface area contributed by atoms with E-state index in [1.54, 1.807) is 28.3 Å². The summed E-state index contributed by atoms with van der Waals surface area (Å²) in [6.07, 6.45) is 0.789. The number of amides is 1. The SMILES string of the molecule is COCCNC(=NCC(=O)N(C)C)NCCc1cc(C)ccc1OC.I. The zero-order valence-corrected chi connectivity index (χ0v) is 18.6. The topological polar surface area (TPSA) is 75.2 Å². The third kappa shape index (κ3) is 9.23. The monoisotopic (exact) mass is 478 g/mol. The summed E-state index contributed by atoms with van der Waals surface area (Å²) in [7, 11) is 6.75. The van der Waals surface area contributed by atoms with Gasteiger partial charge in [0.05, 0.1) is 13.7 Å². The molecule has 0 saturated carbocycles. The normalized spacial score (nSPS) is 10.7. The van der Waals surface area contributed by atoms with Gasteiger partial charge in [-0.25, -0.2) is 4.99 Å².